The average Bonchev–Trinajstić information content (AvgIpc) is 2.57. The number of likely N-dealkylation sites (tertiary alicyclic amines) is 1. The molecule has 1 unspecified atom stereocenters. The molecule has 1 saturated heterocycles. The van der Waals surface area contributed by atoms with Crippen molar-refractivity contribution in [2.75, 3.05) is 40.0 Å². The van der Waals surface area contributed by atoms with Crippen molar-refractivity contribution in [3.8, 4) is 0 Å². The van der Waals surface area contributed by atoms with Gasteiger partial charge >= 0.3 is 6.03 Å². The molecule has 0 aromatic rings. The van der Waals surface area contributed by atoms with Crippen molar-refractivity contribution >= 4 is 11.9 Å². The highest BCUT2D eigenvalue weighted by Gasteiger charge is 2.29. The van der Waals surface area contributed by atoms with Gasteiger partial charge in [0.05, 0.1) is 0 Å². The summed E-state index contributed by atoms with van der Waals surface area (Å²) in [5.41, 5.74) is 0. The first-order chi connectivity index (χ1) is 11.5. The summed E-state index contributed by atoms with van der Waals surface area (Å²) in [5.74, 6) is 0.574. The Balaban J connectivity index is 2.51. The van der Waals surface area contributed by atoms with Gasteiger partial charge in [-0.25, -0.2) is 4.79 Å². The third-order valence-electron chi connectivity index (χ3n) is 4.31. The Hall–Kier alpha value is -1.34. The summed E-state index contributed by atoms with van der Waals surface area (Å²) in [4.78, 5) is 26.6. The van der Waals surface area contributed by atoms with E-state index in [-0.39, 0.29) is 24.5 Å². The number of aliphatic hydroxyl groups excluding tert-OH is 1. The minimum atomic E-state index is -0.502. The molecule has 0 bridgehead atoms. The molecule has 0 spiro atoms. The lowest BCUT2D eigenvalue weighted by molar-refractivity contribution is -0.135. The van der Waals surface area contributed by atoms with Crippen LogP contribution in [0.2, 0.25) is 0 Å². The molecule has 1 aliphatic heterocycles. The van der Waals surface area contributed by atoms with Crippen molar-refractivity contribution in [2.45, 2.75) is 45.6 Å². The maximum atomic E-state index is 12.7. The minimum absolute atomic E-state index is 0.0212. The molecule has 3 N–H and O–H groups in total. The van der Waals surface area contributed by atoms with Crippen LogP contribution in [0.1, 0.15) is 39.5 Å². The van der Waals surface area contributed by atoms with Gasteiger partial charge in [0.15, 0.2) is 0 Å². The number of methoxy groups -OCH3 is 1. The Bertz CT molecular complexity index is 382. The smallest absolute Gasteiger partial charge is 0.315 e. The van der Waals surface area contributed by atoms with Crippen molar-refractivity contribution in [2.24, 2.45) is 11.8 Å². The second-order valence-electron chi connectivity index (χ2n) is 6.88. The van der Waals surface area contributed by atoms with Crippen molar-refractivity contribution in [3.05, 3.63) is 0 Å². The van der Waals surface area contributed by atoms with Crippen LogP contribution in [0.3, 0.4) is 0 Å². The van der Waals surface area contributed by atoms with E-state index in [4.69, 9.17) is 4.74 Å². The molecule has 0 aromatic heterocycles. The Morgan fingerprint density at radius 2 is 1.96 bits per heavy atom. The van der Waals surface area contributed by atoms with Gasteiger partial charge in [-0.2, -0.15) is 0 Å². The average molecular weight is 343 g/mol. The Kier molecular flexibility index (Phi) is 9.71. The largest absolute Gasteiger partial charge is 0.396 e. The lowest BCUT2D eigenvalue weighted by Gasteiger charge is -2.34. The van der Waals surface area contributed by atoms with Gasteiger partial charge < -0.3 is 25.4 Å². The molecule has 1 heterocycles. The van der Waals surface area contributed by atoms with E-state index in [1.54, 1.807) is 7.11 Å². The number of urea groups is 1. The fourth-order valence-corrected chi connectivity index (χ4v) is 2.88. The van der Waals surface area contributed by atoms with E-state index in [0.717, 1.165) is 19.3 Å². The molecule has 140 valence electrons. The summed E-state index contributed by atoms with van der Waals surface area (Å²) in [6, 6.07) is -0.812. The Labute approximate surface area is 145 Å². The van der Waals surface area contributed by atoms with Crippen LogP contribution in [0.25, 0.3) is 0 Å². The van der Waals surface area contributed by atoms with Gasteiger partial charge in [-0.3, -0.25) is 4.79 Å². The van der Waals surface area contributed by atoms with Crippen molar-refractivity contribution < 1.29 is 19.4 Å². The SMILES string of the molecule is COCCCNC(=O)NC(CC(C)C)C(=O)N1CCC(CO)CC1. The molecule has 3 amide bonds. The zero-order valence-electron chi connectivity index (χ0n) is 15.2. The zero-order chi connectivity index (χ0) is 17.9. The van der Waals surface area contributed by atoms with Gasteiger partial charge in [-0.15, -0.1) is 0 Å². The molecule has 1 rings (SSSR count). The van der Waals surface area contributed by atoms with Crippen LogP contribution < -0.4 is 10.6 Å². The van der Waals surface area contributed by atoms with Gasteiger partial charge in [0.1, 0.15) is 6.04 Å². The van der Waals surface area contributed by atoms with Crippen LogP contribution in [0.5, 0.6) is 0 Å². The first-order valence-corrected chi connectivity index (χ1v) is 8.90. The number of ether oxygens (including phenoxy) is 1. The normalized spacial score (nSPS) is 17.0. The number of amides is 3. The number of carbonyl (C=O) groups is 2. The summed E-state index contributed by atoms with van der Waals surface area (Å²) in [5, 5.41) is 14.8. The molecule has 0 radical (unpaired) electrons. The number of nitrogens with one attached hydrogen (secondary N) is 2. The molecular weight excluding hydrogens is 310 g/mol. The molecule has 1 atom stereocenters. The van der Waals surface area contributed by atoms with E-state index in [2.05, 4.69) is 10.6 Å². The Morgan fingerprint density at radius 1 is 1.29 bits per heavy atom. The van der Waals surface area contributed by atoms with E-state index in [1.807, 2.05) is 18.7 Å². The second kappa shape index (κ2) is 11.3. The summed E-state index contributed by atoms with van der Waals surface area (Å²) in [6.07, 6.45) is 2.99. The van der Waals surface area contributed by atoms with Gasteiger partial charge in [0, 0.05) is 40.0 Å². The van der Waals surface area contributed by atoms with Crippen molar-refractivity contribution in [3.63, 3.8) is 0 Å². The standard InChI is InChI=1S/C17H33N3O4/c1-13(2)11-15(19-17(23)18-7-4-10-24-3)16(22)20-8-5-14(12-21)6-9-20/h13-15,21H,4-12H2,1-3H3,(H2,18,19,23). The quantitative estimate of drug-likeness (QED) is 0.544. The molecular formula is C17H33N3O4. The third-order valence-corrected chi connectivity index (χ3v) is 4.31. The topological polar surface area (TPSA) is 90.9 Å². The maximum Gasteiger partial charge on any atom is 0.315 e. The summed E-state index contributed by atoms with van der Waals surface area (Å²) in [6.45, 7) is 6.66. The predicted molar refractivity (Wildman–Crippen MR) is 92.7 cm³/mol. The van der Waals surface area contributed by atoms with E-state index in [1.165, 1.54) is 0 Å². The molecule has 0 aromatic carbocycles. The molecule has 1 fully saturated rings. The summed E-state index contributed by atoms with van der Waals surface area (Å²) in [7, 11) is 1.62. The maximum absolute atomic E-state index is 12.7. The van der Waals surface area contributed by atoms with Gasteiger partial charge in [0.2, 0.25) is 5.91 Å². The van der Waals surface area contributed by atoms with E-state index in [9.17, 15) is 14.7 Å². The highest BCUT2D eigenvalue weighted by molar-refractivity contribution is 5.87. The van der Waals surface area contributed by atoms with E-state index in [0.29, 0.717) is 38.6 Å². The van der Waals surface area contributed by atoms with E-state index < -0.39 is 6.04 Å². The summed E-state index contributed by atoms with van der Waals surface area (Å²) >= 11 is 0. The predicted octanol–water partition coefficient (Wildman–Crippen LogP) is 0.968. The fraction of sp³-hybridized carbons (Fsp3) is 0.882. The lowest BCUT2D eigenvalue weighted by Crippen LogP contribution is -2.53. The molecule has 7 nitrogen and oxygen atoms in total. The van der Waals surface area contributed by atoms with Crippen LogP contribution in [-0.2, 0) is 9.53 Å². The van der Waals surface area contributed by atoms with Crippen LogP contribution in [0, 0.1) is 11.8 Å². The number of nitrogens with zero attached hydrogens (tertiary/aromatic N) is 1. The Morgan fingerprint density at radius 3 is 2.50 bits per heavy atom. The number of rotatable bonds is 9. The molecule has 24 heavy (non-hydrogen) atoms. The molecule has 1 aliphatic rings. The lowest BCUT2D eigenvalue weighted by atomic mass is 9.96. The van der Waals surface area contributed by atoms with Crippen LogP contribution in [-0.4, -0.2) is 67.9 Å². The number of carbonyl (C=O) groups excluding carboxylic acids is 2. The van der Waals surface area contributed by atoms with Crippen molar-refractivity contribution in [1.29, 1.82) is 0 Å². The minimum Gasteiger partial charge on any atom is -0.396 e. The van der Waals surface area contributed by atoms with Crippen LogP contribution in [0.4, 0.5) is 4.79 Å². The van der Waals surface area contributed by atoms with Gasteiger partial charge in [-0.05, 0) is 37.5 Å². The third kappa shape index (κ3) is 7.49. The highest BCUT2D eigenvalue weighted by Crippen LogP contribution is 2.18. The number of aliphatic hydroxyl groups is 1. The first kappa shape index (κ1) is 20.7. The molecule has 7 heteroatoms. The van der Waals surface area contributed by atoms with Crippen LogP contribution in [0.15, 0.2) is 0 Å². The highest BCUT2D eigenvalue weighted by atomic mass is 16.5. The monoisotopic (exact) mass is 343 g/mol. The fourth-order valence-electron chi connectivity index (χ4n) is 2.88. The number of hydrogen-bond acceptors (Lipinski definition) is 4. The van der Waals surface area contributed by atoms with Gasteiger partial charge in [0.25, 0.3) is 0 Å². The summed E-state index contributed by atoms with van der Waals surface area (Å²) < 4.78 is 4.94. The molecule has 0 saturated carbocycles. The number of hydrogen-bond donors (Lipinski definition) is 3. The van der Waals surface area contributed by atoms with E-state index >= 15 is 0 Å². The molecule has 0 aliphatic carbocycles. The first-order valence-electron chi connectivity index (χ1n) is 8.90. The van der Waals surface area contributed by atoms with Crippen LogP contribution >= 0.6 is 0 Å². The van der Waals surface area contributed by atoms with Gasteiger partial charge in [-0.1, -0.05) is 13.8 Å². The zero-order valence-corrected chi connectivity index (χ0v) is 15.2. The van der Waals surface area contributed by atoms with Crippen molar-refractivity contribution in [1.82, 2.24) is 15.5 Å². The second-order valence-corrected chi connectivity index (χ2v) is 6.88. The number of piperidine rings is 1.